The smallest absolute Gasteiger partial charge is 0.162 e. The van der Waals surface area contributed by atoms with E-state index < -0.39 is 0 Å². The van der Waals surface area contributed by atoms with Crippen molar-refractivity contribution in [2.45, 2.75) is 65.5 Å². The van der Waals surface area contributed by atoms with Crippen molar-refractivity contribution >= 4 is 11.4 Å². The molecule has 0 spiro atoms. The zero-order valence-electron chi connectivity index (χ0n) is 29.5. The molecule has 5 aromatic rings. The van der Waals surface area contributed by atoms with Crippen LogP contribution >= 0.6 is 0 Å². The van der Waals surface area contributed by atoms with Gasteiger partial charge in [-0.2, -0.15) is 0 Å². The molecule has 0 N–H and O–H groups in total. The summed E-state index contributed by atoms with van der Waals surface area (Å²) in [6, 6.07) is 48.0. The van der Waals surface area contributed by atoms with E-state index in [1.54, 1.807) is 0 Å². The van der Waals surface area contributed by atoms with Gasteiger partial charge in [0.15, 0.2) is 11.5 Å². The Bertz CT molecular complexity index is 1820. The van der Waals surface area contributed by atoms with E-state index in [1.807, 2.05) is 48.5 Å². The van der Waals surface area contributed by atoms with E-state index in [9.17, 15) is 0 Å². The van der Waals surface area contributed by atoms with Crippen LogP contribution in [0.2, 0.25) is 0 Å². The van der Waals surface area contributed by atoms with Crippen molar-refractivity contribution in [1.82, 2.24) is 4.90 Å². The Labute approximate surface area is 297 Å². The molecule has 0 bridgehead atoms. The third-order valence-corrected chi connectivity index (χ3v) is 9.12. The van der Waals surface area contributed by atoms with Crippen LogP contribution in [0.1, 0.15) is 61.4 Å². The van der Waals surface area contributed by atoms with Crippen molar-refractivity contribution in [1.29, 1.82) is 0 Å². The van der Waals surface area contributed by atoms with E-state index in [1.165, 1.54) is 11.1 Å². The fraction of sp³-hybridized carbons (Fsp3) is 0.267. The number of benzene rings is 5. The molecule has 0 unspecified atom stereocenters. The molecule has 0 aliphatic carbocycles. The van der Waals surface area contributed by atoms with Gasteiger partial charge in [0.25, 0.3) is 0 Å². The molecule has 2 atom stereocenters. The van der Waals surface area contributed by atoms with Crippen LogP contribution in [0.15, 0.2) is 151 Å². The minimum atomic E-state index is -0.000990. The molecule has 5 heteroatoms. The highest BCUT2D eigenvalue weighted by atomic mass is 16.5. The largest absolute Gasteiger partial charge is 0.485 e. The maximum Gasteiger partial charge on any atom is 0.162 e. The van der Waals surface area contributed by atoms with Crippen LogP contribution in [0.25, 0.3) is 5.57 Å². The molecule has 0 saturated carbocycles. The van der Waals surface area contributed by atoms with Gasteiger partial charge in [-0.05, 0) is 65.6 Å². The van der Waals surface area contributed by atoms with Crippen molar-refractivity contribution < 1.29 is 14.2 Å². The predicted octanol–water partition coefficient (Wildman–Crippen LogP) is 10.4. The van der Waals surface area contributed by atoms with Gasteiger partial charge in [0, 0.05) is 17.8 Å². The van der Waals surface area contributed by atoms with Gasteiger partial charge in [-0.15, -0.1) is 0 Å². The number of allylic oxidation sites excluding steroid dienone is 1. The Morgan fingerprint density at radius 2 is 1.22 bits per heavy atom. The molecule has 1 aliphatic rings. The molecule has 1 heterocycles. The molecule has 0 fully saturated rings. The molecule has 0 amide bonds. The van der Waals surface area contributed by atoms with E-state index in [0.29, 0.717) is 32.3 Å². The first-order valence-corrected chi connectivity index (χ1v) is 17.8. The van der Waals surface area contributed by atoms with Gasteiger partial charge in [0.2, 0.25) is 0 Å². The molecular weight excluding hydrogens is 617 g/mol. The Morgan fingerprint density at radius 3 is 1.80 bits per heavy atom. The summed E-state index contributed by atoms with van der Waals surface area (Å²) in [4.78, 5) is 7.82. The molecular formula is C45H48N2O3. The zero-order valence-corrected chi connectivity index (χ0v) is 29.5. The average molecular weight is 665 g/mol. The van der Waals surface area contributed by atoms with Crippen LogP contribution in [0.4, 0.5) is 0 Å². The Morgan fingerprint density at radius 1 is 0.680 bits per heavy atom. The first-order valence-electron chi connectivity index (χ1n) is 17.8. The first kappa shape index (κ1) is 34.7. The highest BCUT2D eigenvalue weighted by Gasteiger charge is 2.26. The molecule has 5 nitrogen and oxygen atoms in total. The van der Waals surface area contributed by atoms with Gasteiger partial charge in [-0.3, -0.25) is 4.99 Å². The lowest BCUT2D eigenvalue weighted by Crippen LogP contribution is -2.39. The van der Waals surface area contributed by atoms with Gasteiger partial charge in [0.05, 0.1) is 19.3 Å². The fourth-order valence-corrected chi connectivity index (χ4v) is 6.05. The maximum absolute atomic E-state index is 6.45. The minimum absolute atomic E-state index is 0.000990. The molecule has 0 aromatic heterocycles. The van der Waals surface area contributed by atoms with Crippen molar-refractivity contribution in [3.63, 3.8) is 0 Å². The van der Waals surface area contributed by atoms with Crippen LogP contribution in [-0.2, 0) is 24.6 Å². The van der Waals surface area contributed by atoms with E-state index >= 15 is 0 Å². The second-order valence-corrected chi connectivity index (χ2v) is 13.3. The third-order valence-electron chi connectivity index (χ3n) is 9.12. The minimum Gasteiger partial charge on any atom is -0.485 e. The number of aliphatic imine (C=N–C) groups is 1. The van der Waals surface area contributed by atoms with Crippen molar-refractivity contribution in [2.75, 3.05) is 6.61 Å². The summed E-state index contributed by atoms with van der Waals surface area (Å²) < 4.78 is 19.0. The highest BCUT2D eigenvalue weighted by molar-refractivity contribution is 6.00. The summed E-state index contributed by atoms with van der Waals surface area (Å²) in [6.45, 7) is 8.79. The summed E-state index contributed by atoms with van der Waals surface area (Å²) in [5.41, 5.74) is 6.86. The van der Waals surface area contributed by atoms with Gasteiger partial charge in [-0.1, -0.05) is 141 Å². The van der Waals surface area contributed by atoms with Crippen LogP contribution in [-0.4, -0.2) is 29.4 Å². The topological polar surface area (TPSA) is 43.3 Å². The lowest BCUT2D eigenvalue weighted by molar-refractivity contribution is 0.0976. The van der Waals surface area contributed by atoms with Crippen LogP contribution < -0.4 is 9.47 Å². The Kier molecular flexibility index (Phi) is 12.2. The van der Waals surface area contributed by atoms with Crippen LogP contribution in [0.5, 0.6) is 11.5 Å². The normalized spacial score (nSPS) is 15.4. The van der Waals surface area contributed by atoms with Crippen molar-refractivity contribution in [2.24, 2.45) is 10.9 Å². The van der Waals surface area contributed by atoms with Crippen molar-refractivity contribution in [3.8, 4) is 11.5 Å². The SMILES string of the molecule is CC(C)[C@H](COCc1ccccc1)N=C(c1ccccc1)N1C=C(c2ccc(OCc3ccccc3)c(OCc3ccccc3)c2)CC[C@H]1C. The standard InChI is InChI=1S/C45H48N2O3/c1-34(2)42(33-48-30-36-16-8-4-9-17-36)46-45(39-22-14-7-15-23-39)47-29-41(25-24-35(47)3)40-26-27-43(49-31-37-18-10-5-11-19-37)44(28-40)50-32-38-20-12-6-13-21-38/h4-23,26-29,34-35,42H,24-25,30-33H2,1-3H3/t35-,42+/m1/s1. The molecule has 50 heavy (non-hydrogen) atoms. The number of rotatable bonds is 14. The Balaban J connectivity index is 1.29. The van der Waals surface area contributed by atoms with Gasteiger partial charge >= 0.3 is 0 Å². The van der Waals surface area contributed by atoms with Gasteiger partial charge in [-0.25, -0.2) is 0 Å². The van der Waals surface area contributed by atoms with Crippen molar-refractivity contribution in [3.05, 3.63) is 174 Å². The second-order valence-electron chi connectivity index (χ2n) is 13.3. The first-order chi connectivity index (χ1) is 24.5. The summed E-state index contributed by atoms with van der Waals surface area (Å²) in [5, 5.41) is 0. The second kappa shape index (κ2) is 17.5. The molecule has 0 radical (unpaired) electrons. The fourth-order valence-electron chi connectivity index (χ4n) is 6.05. The lowest BCUT2D eigenvalue weighted by atomic mass is 9.94. The summed E-state index contributed by atoms with van der Waals surface area (Å²) >= 11 is 0. The molecule has 5 aromatic carbocycles. The highest BCUT2D eigenvalue weighted by Crippen LogP contribution is 2.36. The average Bonchev–Trinajstić information content (AvgIpc) is 3.16. The molecule has 0 saturated heterocycles. The number of hydrogen-bond acceptors (Lipinski definition) is 4. The number of amidine groups is 1. The van der Waals surface area contributed by atoms with E-state index in [2.05, 4.69) is 123 Å². The van der Waals surface area contributed by atoms with E-state index in [4.69, 9.17) is 19.2 Å². The number of nitrogens with zero attached hydrogens (tertiary/aromatic N) is 2. The van der Waals surface area contributed by atoms with Crippen LogP contribution in [0, 0.1) is 5.92 Å². The van der Waals surface area contributed by atoms with Gasteiger partial charge in [0.1, 0.15) is 19.0 Å². The lowest BCUT2D eigenvalue weighted by Gasteiger charge is -2.35. The predicted molar refractivity (Wildman–Crippen MR) is 204 cm³/mol. The van der Waals surface area contributed by atoms with Gasteiger partial charge < -0.3 is 19.1 Å². The molecule has 6 rings (SSSR count). The quantitative estimate of drug-likeness (QED) is 0.0875. The van der Waals surface area contributed by atoms with E-state index in [0.717, 1.165) is 52.4 Å². The maximum atomic E-state index is 6.45. The monoisotopic (exact) mass is 664 g/mol. The summed E-state index contributed by atoms with van der Waals surface area (Å²) in [7, 11) is 0. The zero-order chi connectivity index (χ0) is 34.5. The Hall–Kier alpha value is -5.13. The van der Waals surface area contributed by atoms with E-state index in [-0.39, 0.29) is 12.1 Å². The number of hydrogen-bond donors (Lipinski definition) is 0. The third kappa shape index (κ3) is 9.52. The molecule has 1 aliphatic heterocycles. The summed E-state index contributed by atoms with van der Waals surface area (Å²) in [5.74, 6) is 2.75. The van der Waals surface area contributed by atoms with Crippen LogP contribution in [0.3, 0.4) is 0 Å². The number of ether oxygens (including phenoxy) is 3. The summed E-state index contributed by atoms with van der Waals surface area (Å²) in [6.07, 6.45) is 4.25. The molecule has 256 valence electrons.